The lowest BCUT2D eigenvalue weighted by Gasteiger charge is -2.02. The predicted octanol–water partition coefficient (Wildman–Crippen LogP) is 2.68. The molecule has 0 spiro atoms. The highest BCUT2D eigenvalue weighted by atomic mass is 16.5. The van der Waals surface area contributed by atoms with Gasteiger partial charge in [-0.05, 0) is 11.1 Å². The molecule has 0 bridgehead atoms. The van der Waals surface area contributed by atoms with Crippen molar-refractivity contribution in [1.29, 1.82) is 0 Å². The van der Waals surface area contributed by atoms with Crippen LogP contribution in [0.2, 0.25) is 0 Å². The van der Waals surface area contributed by atoms with E-state index in [0.29, 0.717) is 13.2 Å². The summed E-state index contributed by atoms with van der Waals surface area (Å²) < 4.78 is 10.2. The number of rotatable bonds is 4. The fourth-order valence-corrected chi connectivity index (χ4v) is 1.11. The molecule has 0 aliphatic rings. The van der Waals surface area contributed by atoms with E-state index < -0.39 is 0 Å². The van der Waals surface area contributed by atoms with Crippen LogP contribution < -0.4 is 0 Å². The molecule has 0 unspecified atom stereocenters. The lowest BCUT2D eigenvalue weighted by Crippen LogP contribution is -1.90. The van der Waals surface area contributed by atoms with Gasteiger partial charge in [-0.25, -0.2) is 0 Å². The van der Waals surface area contributed by atoms with Crippen molar-refractivity contribution in [2.75, 3.05) is 0 Å². The van der Waals surface area contributed by atoms with Crippen molar-refractivity contribution >= 4 is 0 Å². The van der Waals surface area contributed by atoms with E-state index in [1.807, 2.05) is 24.3 Å². The summed E-state index contributed by atoms with van der Waals surface area (Å²) in [5.74, 6) is 5.35. The minimum Gasteiger partial charge on any atom is -0.442 e. The summed E-state index contributed by atoms with van der Waals surface area (Å²) in [5, 5.41) is 0. The third-order valence-corrected chi connectivity index (χ3v) is 1.85. The first-order valence-electron chi connectivity index (χ1n) is 5.01. The van der Waals surface area contributed by atoms with Gasteiger partial charge in [0.15, 0.2) is 0 Å². The highest BCUT2D eigenvalue weighted by molar-refractivity contribution is 5.21. The van der Waals surface area contributed by atoms with Crippen LogP contribution in [-0.2, 0) is 22.7 Å². The molecule has 0 aliphatic heterocycles. The third kappa shape index (κ3) is 4.44. The molecule has 0 saturated carbocycles. The molecule has 0 saturated heterocycles. The van der Waals surface area contributed by atoms with Gasteiger partial charge >= 0.3 is 0 Å². The SMILES string of the molecule is CC#COCc1ccc(COC#CC)cc1. The zero-order valence-electron chi connectivity index (χ0n) is 9.54. The molecular weight excluding hydrogens is 200 g/mol. The standard InChI is InChI=1S/C14H14O2/c1-3-9-15-11-13-5-7-14(8-6-13)12-16-10-4-2/h5-8H,11-12H2,1-2H3. The number of hydrogen-bond donors (Lipinski definition) is 0. The Morgan fingerprint density at radius 1 is 0.812 bits per heavy atom. The van der Waals surface area contributed by atoms with Crippen LogP contribution in [0.4, 0.5) is 0 Å². The van der Waals surface area contributed by atoms with Crippen LogP contribution >= 0.6 is 0 Å². The lowest BCUT2D eigenvalue weighted by molar-refractivity contribution is 0.261. The maximum atomic E-state index is 5.09. The van der Waals surface area contributed by atoms with Gasteiger partial charge in [0.2, 0.25) is 0 Å². The van der Waals surface area contributed by atoms with Crippen LogP contribution in [0.25, 0.3) is 0 Å². The summed E-state index contributed by atoms with van der Waals surface area (Å²) in [7, 11) is 0. The van der Waals surface area contributed by atoms with Crippen molar-refractivity contribution < 1.29 is 9.47 Å². The van der Waals surface area contributed by atoms with E-state index in [2.05, 4.69) is 24.1 Å². The Kier molecular flexibility index (Phi) is 5.45. The third-order valence-electron chi connectivity index (χ3n) is 1.85. The van der Waals surface area contributed by atoms with Gasteiger partial charge in [0.1, 0.15) is 25.4 Å². The van der Waals surface area contributed by atoms with Crippen molar-refractivity contribution in [3.8, 4) is 24.1 Å². The van der Waals surface area contributed by atoms with Gasteiger partial charge in [-0.2, -0.15) is 0 Å². The summed E-state index contributed by atoms with van der Waals surface area (Å²) in [6.07, 6.45) is 5.12. The molecule has 0 fully saturated rings. The monoisotopic (exact) mass is 214 g/mol. The molecule has 16 heavy (non-hydrogen) atoms. The van der Waals surface area contributed by atoms with E-state index in [-0.39, 0.29) is 0 Å². The highest BCUT2D eigenvalue weighted by Crippen LogP contribution is 2.06. The molecule has 0 heterocycles. The molecule has 0 aliphatic carbocycles. The molecule has 82 valence electrons. The Hall–Kier alpha value is -2.06. The molecule has 2 nitrogen and oxygen atoms in total. The largest absolute Gasteiger partial charge is 0.442 e. The number of hydrogen-bond acceptors (Lipinski definition) is 2. The Labute approximate surface area is 96.6 Å². The van der Waals surface area contributed by atoms with E-state index in [4.69, 9.17) is 9.47 Å². The zero-order chi connectivity index (χ0) is 11.6. The molecule has 0 aromatic heterocycles. The highest BCUT2D eigenvalue weighted by Gasteiger charge is 1.94. The van der Waals surface area contributed by atoms with Crippen molar-refractivity contribution in [2.24, 2.45) is 0 Å². The van der Waals surface area contributed by atoms with E-state index >= 15 is 0 Å². The quantitative estimate of drug-likeness (QED) is 0.717. The van der Waals surface area contributed by atoms with Crippen molar-refractivity contribution in [3.63, 3.8) is 0 Å². The second-order valence-electron chi connectivity index (χ2n) is 3.10. The van der Waals surface area contributed by atoms with Gasteiger partial charge in [-0.15, -0.1) is 0 Å². The molecule has 1 aromatic rings. The predicted molar refractivity (Wildman–Crippen MR) is 62.9 cm³/mol. The second-order valence-corrected chi connectivity index (χ2v) is 3.10. The van der Waals surface area contributed by atoms with Crippen LogP contribution in [0.5, 0.6) is 0 Å². The molecular formula is C14H14O2. The first-order chi connectivity index (χ1) is 7.86. The summed E-state index contributed by atoms with van der Waals surface area (Å²) >= 11 is 0. The molecule has 1 aromatic carbocycles. The molecule has 0 atom stereocenters. The van der Waals surface area contributed by atoms with E-state index in [9.17, 15) is 0 Å². The van der Waals surface area contributed by atoms with Crippen LogP contribution in [-0.4, -0.2) is 0 Å². The van der Waals surface area contributed by atoms with Crippen molar-refractivity contribution in [2.45, 2.75) is 27.1 Å². The van der Waals surface area contributed by atoms with Gasteiger partial charge in [0.05, 0.1) is 0 Å². The van der Waals surface area contributed by atoms with Crippen LogP contribution in [0.3, 0.4) is 0 Å². The molecule has 1 rings (SSSR count). The van der Waals surface area contributed by atoms with E-state index in [1.165, 1.54) is 0 Å². The van der Waals surface area contributed by atoms with Gasteiger partial charge in [-0.1, -0.05) is 36.1 Å². The Morgan fingerprint density at radius 3 is 1.50 bits per heavy atom. The molecule has 0 N–H and O–H groups in total. The first-order valence-corrected chi connectivity index (χ1v) is 5.01. The van der Waals surface area contributed by atoms with Crippen molar-refractivity contribution in [3.05, 3.63) is 35.4 Å². The first kappa shape index (κ1) is 12.0. The minimum absolute atomic E-state index is 0.511. The minimum atomic E-state index is 0.511. The Balaban J connectivity index is 2.45. The fraction of sp³-hybridized carbons (Fsp3) is 0.286. The fourth-order valence-electron chi connectivity index (χ4n) is 1.11. The maximum Gasteiger partial charge on any atom is 0.125 e. The van der Waals surface area contributed by atoms with Crippen molar-refractivity contribution in [1.82, 2.24) is 0 Å². The molecule has 2 heteroatoms. The molecule has 0 radical (unpaired) electrons. The summed E-state index contributed by atoms with van der Waals surface area (Å²) in [6.45, 7) is 4.51. The number of benzene rings is 1. The van der Waals surface area contributed by atoms with E-state index in [0.717, 1.165) is 11.1 Å². The van der Waals surface area contributed by atoms with Crippen LogP contribution in [0.15, 0.2) is 24.3 Å². The number of ether oxygens (including phenoxy) is 2. The second kappa shape index (κ2) is 7.26. The average Bonchev–Trinajstić information content (AvgIpc) is 2.32. The van der Waals surface area contributed by atoms with E-state index in [1.54, 1.807) is 13.8 Å². The summed E-state index contributed by atoms with van der Waals surface area (Å²) in [4.78, 5) is 0. The van der Waals surface area contributed by atoms with Gasteiger partial charge in [-0.3, -0.25) is 0 Å². The summed E-state index contributed by atoms with van der Waals surface area (Å²) in [6, 6.07) is 7.98. The Morgan fingerprint density at radius 2 is 1.19 bits per heavy atom. The molecule has 0 amide bonds. The average molecular weight is 214 g/mol. The normalized spacial score (nSPS) is 8.12. The smallest absolute Gasteiger partial charge is 0.125 e. The van der Waals surface area contributed by atoms with Crippen LogP contribution in [0, 0.1) is 24.1 Å². The van der Waals surface area contributed by atoms with Gasteiger partial charge < -0.3 is 9.47 Å². The lowest BCUT2D eigenvalue weighted by atomic mass is 10.1. The summed E-state index contributed by atoms with van der Waals surface area (Å²) in [5.41, 5.74) is 2.18. The van der Waals surface area contributed by atoms with Gasteiger partial charge in [0, 0.05) is 13.8 Å². The van der Waals surface area contributed by atoms with Gasteiger partial charge in [0.25, 0.3) is 0 Å². The Bertz CT molecular complexity index is 381. The zero-order valence-corrected chi connectivity index (χ0v) is 9.54. The van der Waals surface area contributed by atoms with Crippen LogP contribution in [0.1, 0.15) is 25.0 Å². The topological polar surface area (TPSA) is 18.5 Å². The maximum absolute atomic E-state index is 5.09.